The lowest BCUT2D eigenvalue weighted by molar-refractivity contribution is -0.121. The summed E-state index contributed by atoms with van der Waals surface area (Å²) in [7, 11) is 0. The Balaban J connectivity index is 1.66. The summed E-state index contributed by atoms with van der Waals surface area (Å²) in [6.45, 7) is 9.63. The van der Waals surface area contributed by atoms with E-state index in [1.54, 1.807) is 23.1 Å². The maximum atomic E-state index is 13.5. The normalized spacial score (nSPS) is 18.1. The SMILES string of the molecule is CCCN1C(=O)COc2ccc(C(=O)C(C)N3CC(C)(C)Nc4ccccc43)cc21. The van der Waals surface area contributed by atoms with Gasteiger partial charge < -0.3 is 19.9 Å². The topological polar surface area (TPSA) is 61.9 Å². The van der Waals surface area contributed by atoms with E-state index >= 15 is 0 Å². The van der Waals surface area contributed by atoms with Gasteiger partial charge in [-0.1, -0.05) is 19.1 Å². The summed E-state index contributed by atoms with van der Waals surface area (Å²) in [6, 6.07) is 13.2. The van der Waals surface area contributed by atoms with Crippen molar-refractivity contribution in [2.24, 2.45) is 0 Å². The Kier molecular flexibility index (Phi) is 5.18. The molecule has 0 aliphatic carbocycles. The van der Waals surface area contributed by atoms with Crippen LogP contribution in [0, 0.1) is 0 Å². The van der Waals surface area contributed by atoms with Crippen molar-refractivity contribution in [2.75, 3.05) is 34.8 Å². The van der Waals surface area contributed by atoms with Gasteiger partial charge in [0.1, 0.15) is 5.75 Å². The Hall–Kier alpha value is -3.02. The smallest absolute Gasteiger partial charge is 0.265 e. The van der Waals surface area contributed by atoms with Crippen LogP contribution in [0.1, 0.15) is 44.5 Å². The summed E-state index contributed by atoms with van der Waals surface area (Å²) in [5.74, 6) is 0.612. The van der Waals surface area contributed by atoms with Crippen LogP contribution in [0.5, 0.6) is 5.75 Å². The molecular formula is C24H29N3O3. The summed E-state index contributed by atoms with van der Waals surface area (Å²) in [4.78, 5) is 29.7. The Morgan fingerprint density at radius 3 is 2.73 bits per heavy atom. The van der Waals surface area contributed by atoms with Crippen molar-refractivity contribution in [3.63, 3.8) is 0 Å². The Labute approximate surface area is 177 Å². The number of ether oxygens (including phenoxy) is 1. The van der Waals surface area contributed by atoms with Crippen molar-refractivity contribution in [1.82, 2.24) is 0 Å². The van der Waals surface area contributed by atoms with Gasteiger partial charge in [-0.15, -0.1) is 0 Å². The molecular weight excluding hydrogens is 378 g/mol. The fourth-order valence-corrected chi connectivity index (χ4v) is 4.30. The number of Topliss-reactive ketones (excluding diaryl/α,β-unsaturated/α-hetero) is 1. The first-order valence-corrected chi connectivity index (χ1v) is 10.6. The Morgan fingerprint density at radius 2 is 1.97 bits per heavy atom. The average molecular weight is 408 g/mol. The maximum Gasteiger partial charge on any atom is 0.265 e. The molecule has 1 N–H and O–H groups in total. The standard InChI is InChI=1S/C24H29N3O3/c1-5-12-26-20-13-17(10-11-21(20)30-14-22(26)28)23(29)16(2)27-15-24(3,4)25-18-8-6-7-9-19(18)27/h6-11,13,16,25H,5,12,14-15H2,1-4H3. The molecule has 30 heavy (non-hydrogen) atoms. The molecule has 0 saturated carbocycles. The third kappa shape index (κ3) is 3.62. The maximum absolute atomic E-state index is 13.5. The van der Waals surface area contributed by atoms with E-state index in [2.05, 4.69) is 24.1 Å². The monoisotopic (exact) mass is 407 g/mol. The Morgan fingerprint density at radius 1 is 1.20 bits per heavy atom. The van der Waals surface area contributed by atoms with E-state index in [9.17, 15) is 9.59 Å². The predicted octanol–water partition coefficient (Wildman–Crippen LogP) is 4.10. The number of anilines is 3. The molecule has 6 nitrogen and oxygen atoms in total. The number of carbonyl (C=O) groups is 2. The second kappa shape index (κ2) is 7.67. The van der Waals surface area contributed by atoms with Crippen LogP contribution in [0.2, 0.25) is 0 Å². The number of benzene rings is 2. The zero-order valence-corrected chi connectivity index (χ0v) is 18.1. The third-order valence-corrected chi connectivity index (χ3v) is 5.73. The van der Waals surface area contributed by atoms with E-state index in [0.29, 0.717) is 30.1 Å². The molecule has 2 aromatic carbocycles. The number of nitrogens with one attached hydrogen (secondary N) is 1. The fourth-order valence-electron chi connectivity index (χ4n) is 4.30. The average Bonchev–Trinajstić information content (AvgIpc) is 2.73. The van der Waals surface area contributed by atoms with Gasteiger partial charge in [0, 0.05) is 24.2 Å². The molecule has 4 rings (SSSR count). The predicted molar refractivity (Wildman–Crippen MR) is 120 cm³/mol. The molecule has 0 bridgehead atoms. The molecule has 158 valence electrons. The van der Waals surface area contributed by atoms with Crippen molar-refractivity contribution in [2.45, 2.75) is 45.7 Å². The van der Waals surface area contributed by atoms with E-state index < -0.39 is 0 Å². The molecule has 1 atom stereocenters. The molecule has 0 aromatic heterocycles. The van der Waals surface area contributed by atoms with Gasteiger partial charge in [0.15, 0.2) is 12.4 Å². The lowest BCUT2D eigenvalue weighted by Gasteiger charge is -2.44. The number of hydrogen-bond acceptors (Lipinski definition) is 5. The number of para-hydroxylation sites is 2. The summed E-state index contributed by atoms with van der Waals surface area (Å²) >= 11 is 0. The molecule has 1 unspecified atom stereocenters. The highest BCUT2D eigenvalue weighted by Crippen LogP contribution is 2.37. The van der Waals surface area contributed by atoms with E-state index in [4.69, 9.17) is 4.74 Å². The van der Waals surface area contributed by atoms with Crippen molar-refractivity contribution >= 4 is 28.8 Å². The Bertz CT molecular complexity index is 985. The lowest BCUT2D eigenvalue weighted by Crippen LogP contribution is -2.53. The highest BCUT2D eigenvalue weighted by molar-refractivity contribution is 6.05. The minimum atomic E-state index is -0.342. The quantitative estimate of drug-likeness (QED) is 0.756. The van der Waals surface area contributed by atoms with Crippen LogP contribution < -0.4 is 19.9 Å². The molecule has 6 heteroatoms. The van der Waals surface area contributed by atoms with Gasteiger partial charge in [-0.05, 0) is 57.5 Å². The van der Waals surface area contributed by atoms with Gasteiger partial charge in [0.25, 0.3) is 5.91 Å². The number of rotatable bonds is 5. The molecule has 1 amide bonds. The molecule has 0 radical (unpaired) electrons. The van der Waals surface area contributed by atoms with Crippen LogP contribution in [-0.2, 0) is 4.79 Å². The number of carbonyl (C=O) groups excluding carboxylic acids is 2. The molecule has 0 spiro atoms. The van der Waals surface area contributed by atoms with Crippen LogP contribution in [0.4, 0.5) is 17.1 Å². The minimum absolute atomic E-state index is 0.0276. The molecule has 0 fully saturated rings. The molecule has 2 heterocycles. The van der Waals surface area contributed by atoms with Crippen LogP contribution >= 0.6 is 0 Å². The number of nitrogens with zero attached hydrogens (tertiary/aromatic N) is 2. The zero-order valence-electron chi connectivity index (χ0n) is 18.1. The third-order valence-electron chi connectivity index (χ3n) is 5.73. The van der Waals surface area contributed by atoms with Crippen LogP contribution in [-0.4, -0.2) is 43.0 Å². The molecule has 2 aliphatic heterocycles. The number of amides is 1. The highest BCUT2D eigenvalue weighted by Gasteiger charge is 2.35. The largest absolute Gasteiger partial charge is 0.482 e. The number of fused-ring (bicyclic) bond motifs is 2. The summed E-state index contributed by atoms with van der Waals surface area (Å²) in [5, 5.41) is 3.55. The highest BCUT2D eigenvalue weighted by atomic mass is 16.5. The van der Waals surface area contributed by atoms with E-state index in [0.717, 1.165) is 17.8 Å². The number of ketones is 1. The van der Waals surface area contributed by atoms with Crippen LogP contribution in [0.15, 0.2) is 42.5 Å². The first-order valence-electron chi connectivity index (χ1n) is 10.6. The van der Waals surface area contributed by atoms with E-state index in [-0.39, 0.29) is 29.9 Å². The first-order chi connectivity index (χ1) is 14.3. The summed E-state index contributed by atoms with van der Waals surface area (Å²) < 4.78 is 5.58. The molecule has 0 saturated heterocycles. The van der Waals surface area contributed by atoms with Crippen LogP contribution in [0.3, 0.4) is 0 Å². The zero-order chi connectivity index (χ0) is 21.5. The van der Waals surface area contributed by atoms with Crippen molar-refractivity contribution in [3.8, 4) is 5.75 Å². The van der Waals surface area contributed by atoms with Crippen molar-refractivity contribution in [1.29, 1.82) is 0 Å². The molecule has 2 aromatic rings. The molecule has 2 aliphatic rings. The second-order valence-electron chi connectivity index (χ2n) is 8.71. The van der Waals surface area contributed by atoms with Gasteiger partial charge in [-0.3, -0.25) is 9.59 Å². The van der Waals surface area contributed by atoms with E-state index in [1.165, 1.54) is 0 Å². The van der Waals surface area contributed by atoms with Crippen molar-refractivity contribution in [3.05, 3.63) is 48.0 Å². The van der Waals surface area contributed by atoms with Crippen LogP contribution in [0.25, 0.3) is 0 Å². The summed E-state index contributed by atoms with van der Waals surface area (Å²) in [5.41, 5.74) is 3.19. The van der Waals surface area contributed by atoms with Gasteiger partial charge in [-0.2, -0.15) is 0 Å². The van der Waals surface area contributed by atoms with Crippen molar-refractivity contribution < 1.29 is 14.3 Å². The minimum Gasteiger partial charge on any atom is -0.482 e. The number of hydrogen-bond donors (Lipinski definition) is 1. The van der Waals surface area contributed by atoms with E-state index in [1.807, 2.05) is 38.1 Å². The van der Waals surface area contributed by atoms with Gasteiger partial charge >= 0.3 is 0 Å². The first kappa shape index (κ1) is 20.3. The summed E-state index contributed by atoms with van der Waals surface area (Å²) in [6.07, 6.45) is 0.840. The van der Waals surface area contributed by atoms with Gasteiger partial charge in [0.2, 0.25) is 0 Å². The second-order valence-corrected chi connectivity index (χ2v) is 8.71. The van der Waals surface area contributed by atoms with Gasteiger partial charge in [-0.25, -0.2) is 0 Å². The lowest BCUT2D eigenvalue weighted by atomic mass is 9.95. The fraction of sp³-hybridized carbons (Fsp3) is 0.417. The van der Waals surface area contributed by atoms with Gasteiger partial charge in [0.05, 0.1) is 23.1 Å².